The minimum atomic E-state index is -0.211. The summed E-state index contributed by atoms with van der Waals surface area (Å²) in [7, 11) is 0. The number of hydrogen-bond donors (Lipinski definition) is 1. The van der Waals surface area contributed by atoms with E-state index in [1.54, 1.807) is 18.3 Å². The number of hydrogen-bond acceptors (Lipinski definition) is 4. The lowest BCUT2D eigenvalue weighted by Crippen LogP contribution is -2.23. The van der Waals surface area contributed by atoms with E-state index in [0.29, 0.717) is 24.4 Å². The van der Waals surface area contributed by atoms with Crippen molar-refractivity contribution >= 4 is 16.9 Å². The van der Waals surface area contributed by atoms with Crippen molar-refractivity contribution in [1.29, 1.82) is 0 Å². The lowest BCUT2D eigenvalue weighted by Gasteiger charge is -2.09. The summed E-state index contributed by atoms with van der Waals surface area (Å²) in [6.07, 6.45) is 5.89. The molecule has 0 aliphatic heterocycles. The molecule has 2 heterocycles. The van der Waals surface area contributed by atoms with Crippen molar-refractivity contribution < 1.29 is 9.53 Å². The SMILES string of the molecule is CC#CCCCCCOc1cccc(CNC(=O)c2ccc3ncccc3n2)c1. The molecule has 0 bridgehead atoms. The number of aromatic nitrogens is 2. The van der Waals surface area contributed by atoms with Crippen molar-refractivity contribution in [3.05, 3.63) is 66.0 Å². The Morgan fingerprint density at radius 3 is 2.90 bits per heavy atom. The van der Waals surface area contributed by atoms with Crippen LogP contribution in [0.25, 0.3) is 11.0 Å². The zero-order chi connectivity index (χ0) is 20.3. The van der Waals surface area contributed by atoms with E-state index in [1.807, 2.05) is 43.3 Å². The highest BCUT2D eigenvalue weighted by atomic mass is 16.5. The van der Waals surface area contributed by atoms with Gasteiger partial charge in [0, 0.05) is 19.2 Å². The van der Waals surface area contributed by atoms with Crippen molar-refractivity contribution in [2.75, 3.05) is 6.61 Å². The fourth-order valence-electron chi connectivity index (χ4n) is 2.91. The third-order valence-electron chi connectivity index (χ3n) is 4.43. The van der Waals surface area contributed by atoms with Crippen LogP contribution in [0, 0.1) is 11.8 Å². The van der Waals surface area contributed by atoms with Gasteiger partial charge in [-0.25, -0.2) is 4.98 Å². The van der Waals surface area contributed by atoms with E-state index in [2.05, 4.69) is 27.1 Å². The third-order valence-corrected chi connectivity index (χ3v) is 4.43. The van der Waals surface area contributed by atoms with Gasteiger partial charge in [-0.15, -0.1) is 11.8 Å². The highest BCUT2D eigenvalue weighted by Crippen LogP contribution is 2.15. The van der Waals surface area contributed by atoms with E-state index in [-0.39, 0.29) is 5.91 Å². The summed E-state index contributed by atoms with van der Waals surface area (Å²) in [4.78, 5) is 21.0. The molecule has 29 heavy (non-hydrogen) atoms. The quantitative estimate of drug-likeness (QED) is 0.433. The van der Waals surface area contributed by atoms with Crippen LogP contribution in [0.2, 0.25) is 0 Å². The molecule has 3 rings (SSSR count). The number of carbonyl (C=O) groups excluding carboxylic acids is 1. The van der Waals surface area contributed by atoms with Gasteiger partial charge in [0.15, 0.2) is 0 Å². The highest BCUT2D eigenvalue weighted by Gasteiger charge is 2.08. The zero-order valence-corrected chi connectivity index (χ0v) is 16.6. The molecule has 148 valence electrons. The summed E-state index contributed by atoms with van der Waals surface area (Å²) in [5.74, 6) is 6.59. The number of rotatable bonds is 9. The molecule has 1 aromatic carbocycles. The topological polar surface area (TPSA) is 64.1 Å². The Morgan fingerprint density at radius 2 is 2.00 bits per heavy atom. The number of fused-ring (bicyclic) bond motifs is 1. The lowest BCUT2D eigenvalue weighted by molar-refractivity contribution is 0.0946. The van der Waals surface area contributed by atoms with E-state index in [4.69, 9.17) is 4.74 Å². The number of amides is 1. The maximum atomic E-state index is 12.4. The van der Waals surface area contributed by atoms with Crippen LogP contribution in [-0.2, 0) is 6.54 Å². The van der Waals surface area contributed by atoms with Gasteiger partial charge in [-0.1, -0.05) is 12.1 Å². The van der Waals surface area contributed by atoms with Crippen molar-refractivity contribution in [3.63, 3.8) is 0 Å². The Morgan fingerprint density at radius 1 is 1.07 bits per heavy atom. The molecular weight excluding hydrogens is 362 g/mol. The average molecular weight is 387 g/mol. The predicted octanol–water partition coefficient (Wildman–Crippen LogP) is 4.52. The van der Waals surface area contributed by atoms with E-state index >= 15 is 0 Å². The summed E-state index contributed by atoms with van der Waals surface area (Å²) in [5.41, 5.74) is 2.84. The minimum absolute atomic E-state index is 0.211. The Hall–Kier alpha value is -3.39. The molecule has 0 atom stereocenters. The number of pyridine rings is 2. The van der Waals surface area contributed by atoms with Gasteiger partial charge >= 0.3 is 0 Å². The average Bonchev–Trinajstić information content (AvgIpc) is 2.77. The van der Waals surface area contributed by atoms with Gasteiger partial charge in [0.25, 0.3) is 5.91 Å². The molecule has 1 N–H and O–H groups in total. The first kappa shape index (κ1) is 20.3. The number of nitrogens with zero attached hydrogens (tertiary/aromatic N) is 2. The normalized spacial score (nSPS) is 10.2. The Labute approximate surface area is 171 Å². The van der Waals surface area contributed by atoms with Crippen molar-refractivity contribution in [2.45, 2.75) is 39.2 Å². The van der Waals surface area contributed by atoms with Crippen LogP contribution in [-0.4, -0.2) is 22.5 Å². The van der Waals surface area contributed by atoms with E-state index in [0.717, 1.165) is 42.5 Å². The van der Waals surface area contributed by atoms with Gasteiger partial charge in [0.1, 0.15) is 11.4 Å². The molecule has 0 radical (unpaired) electrons. The molecule has 2 aromatic heterocycles. The van der Waals surface area contributed by atoms with Gasteiger partial charge in [0.05, 0.1) is 17.6 Å². The number of nitrogens with one attached hydrogen (secondary N) is 1. The van der Waals surface area contributed by atoms with Gasteiger partial charge in [-0.2, -0.15) is 0 Å². The van der Waals surface area contributed by atoms with Crippen molar-refractivity contribution in [3.8, 4) is 17.6 Å². The van der Waals surface area contributed by atoms with Crippen LogP contribution in [0.4, 0.5) is 0 Å². The fraction of sp³-hybridized carbons (Fsp3) is 0.292. The predicted molar refractivity (Wildman–Crippen MR) is 115 cm³/mol. The molecule has 3 aromatic rings. The molecule has 5 nitrogen and oxygen atoms in total. The molecule has 0 aliphatic rings. The van der Waals surface area contributed by atoms with E-state index in [9.17, 15) is 4.79 Å². The summed E-state index contributed by atoms with van der Waals surface area (Å²) in [6.45, 7) is 2.97. The van der Waals surface area contributed by atoms with Crippen LogP contribution in [0.1, 0.15) is 48.7 Å². The van der Waals surface area contributed by atoms with E-state index in [1.165, 1.54) is 0 Å². The second kappa shape index (κ2) is 10.8. The maximum Gasteiger partial charge on any atom is 0.270 e. The maximum absolute atomic E-state index is 12.4. The Bertz CT molecular complexity index is 1020. The standard InChI is InChI=1S/C24H25N3O2/c1-2-3-4-5-6-7-16-29-20-11-8-10-19(17-20)18-26-24(28)23-14-13-21-22(27-23)12-9-15-25-21/h8-15,17H,4-7,16,18H2,1H3,(H,26,28). The molecule has 0 unspecified atom stereocenters. The third kappa shape index (κ3) is 6.32. The number of unbranched alkanes of at least 4 members (excludes halogenated alkanes) is 3. The van der Waals surface area contributed by atoms with E-state index < -0.39 is 0 Å². The molecule has 1 amide bonds. The molecular formula is C24H25N3O2. The summed E-state index contributed by atoms with van der Waals surface area (Å²) >= 11 is 0. The molecule has 0 saturated heterocycles. The zero-order valence-electron chi connectivity index (χ0n) is 16.6. The first-order chi connectivity index (χ1) is 14.3. The molecule has 0 spiro atoms. The molecule has 0 aliphatic carbocycles. The van der Waals surface area contributed by atoms with Crippen molar-refractivity contribution in [1.82, 2.24) is 15.3 Å². The Kier molecular flexibility index (Phi) is 7.59. The number of benzene rings is 1. The summed E-state index contributed by atoms with van der Waals surface area (Å²) in [6, 6.07) is 14.9. The van der Waals surface area contributed by atoms with Crippen LogP contribution in [0.15, 0.2) is 54.7 Å². The second-order valence-corrected chi connectivity index (χ2v) is 6.65. The van der Waals surface area contributed by atoms with Gasteiger partial charge in [-0.05, 0) is 68.1 Å². The van der Waals surface area contributed by atoms with Gasteiger partial charge < -0.3 is 10.1 Å². The first-order valence-electron chi connectivity index (χ1n) is 9.87. The summed E-state index contributed by atoms with van der Waals surface area (Å²) in [5, 5.41) is 2.91. The van der Waals surface area contributed by atoms with Crippen LogP contribution in [0.5, 0.6) is 5.75 Å². The highest BCUT2D eigenvalue weighted by molar-refractivity contribution is 5.94. The van der Waals surface area contributed by atoms with Crippen LogP contribution >= 0.6 is 0 Å². The molecule has 0 saturated carbocycles. The smallest absolute Gasteiger partial charge is 0.270 e. The van der Waals surface area contributed by atoms with Gasteiger partial charge in [0.2, 0.25) is 0 Å². The fourth-order valence-corrected chi connectivity index (χ4v) is 2.91. The minimum Gasteiger partial charge on any atom is -0.494 e. The monoisotopic (exact) mass is 387 g/mol. The Balaban J connectivity index is 1.47. The van der Waals surface area contributed by atoms with Crippen LogP contribution < -0.4 is 10.1 Å². The molecule has 0 fully saturated rings. The number of carbonyl (C=O) groups is 1. The molecule has 5 heteroatoms. The van der Waals surface area contributed by atoms with Crippen LogP contribution in [0.3, 0.4) is 0 Å². The second-order valence-electron chi connectivity index (χ2n) is 6.65. The first-order valence-corrected chi connectivity index (χ1v) is 9.87. The number of ether oxygens (including phenoxy) is 1. The lowest BCUT2D eigenvalue weighted by atomic mass is 10.2. The largest absolute Gasteiger partial charge is 0.494 e. The van der Waals surface area contributed by atoms with Crippen molar-refractivity contribution in [2.24, 2.45) is 0 Å². The summed E-state index contributed by atoms with van der Waals surface area (Å²) < 4.78 is 5.82. The van der Waals surface area contributed by atoms with Gasteiger partial charge in [-0.3, -0.25) is 9.78 Å².